The molecule has 0 amide bonds. The highest BCUT2D eigenvalue weighted by Crippen LogP contribution is 2.22. The molecule has 0 fully saturated rings. The number of hydrogen-bond donors (Lipinski definition) is 1. The standard InChI is InChI=1S/C7H4N4S/c8-4-10-7-11-5-2-1-3-9-6(5)12-7/h1-3H,(H,10,11). The Morgan fingerprint density at radius 1 is 1.58 bits per heavy atom. The molecule has 2 rings (SSSR count). The fraction of sp³-hybridized carbons (Fsp3) is 0. The molecule has 0 spiro atoms. The zero-order chi connectivity index (χ0) is 8.39. The summed E-state index contributed by atoms with van der Waals surface area (Å²) in [7, 11) is 0. The van der Waals surface area contributed by atoms with Crippen molar-refractivity contribution in [1.29, 1.82) is 5.26 Å². The van der Waals surface area contributed by atoms with Crippen molar-refractivity contribution in [2.45, 2.75) is 0 Å². The van der Waals surface area contributed by atoms with Gasteiger partial charge in [0, 0.05) is 6.20 Å². The number of fused-ring (bicyclic) bond motifs is 1. The van der Waals surface area contributed by atoms with Crippen LogP contribution in [0.3, 0.4) is 0 Å². The zero-order valence-corrected chi connectivity index (χ0v) is 6.80. The second kappa shape index (κ2) is 2.75. The van der Waals surface area contributed by atoms with E-state index >= 15 is 0 Å². The molecule has 4 nitrogen and oxygen atoms in total. The Kier molecular flexibility index (Phi) is 1.61. The normalized spacial score (nSPS) is 9.58. The van der Waals surface area contributed by atoms with Crippen LogP contribution < -0.4 is 5.32 Å². The molecule has 0 aromatic carbocycles. The third kappa shape index (κ3) is 1.08. The summed E-state index contributed by atoms with van der Waals surface area (Å²) >= 11 is 1.37. The largest absolute Gasteiger partial charge is 0.268 e. The predicted octanol–water partition coefficient (Wildman–Crippen LogP) is 1.58. The van der Waals surface area contributed by atoms with Crippen LogP contribution in [0.4, 0.5) is 5.13 Å². The van der Waals surface area contributed by atoms with Crippen LogP contribution in [0.2, 0.25) is 0 Å². The summed E-state index contributed by atoms with van der Waals surface area (Å²) in [5.74, 6) is 0. The topological polar surface area (TPSA) is 61.6 Å². The second-order valence-electron chi connectivity index (χ2n) is 2.08. The van der Waals surface area contributed by atoms with Crippen LogP contribution in [0.25, 0.3) is 10.3 Å². The Labute approximate surface area is 72.5 Å². The molecule has 0 unspecified atom stereocenters. The Bertz CT molecular complexity index is 409. The first kappa shape index (κ1) is 7.00. The van der Waals surface area contributed by atoms with E-state index in [9.17, 15) is 0 Å². The third-order valence-electron chi connectivity index (χ3n) is 1.33. The Hall–Kier alpha value is -1.67. The summed E-state index contributed by atoms with van der Waals surface area (Å²) in [5, 5.41) is 11.4. The Morgan fingerprint density at radius 2 is 2.50 bits per heavy atom. The lowest BCUT2D eigenvalue weighted by atomic mass is 10.5. The van der Waals surface area contributed by atoms with Crippen molar-refractivity contribution in [2.75, 3.05) is 5.32 Å². The number of rotatable bonds is 1. The summed E-state index contributed by atoms with van der Waals surface area (Å²) < 4.78 is 0. The van der Waals surface area contributed by atoms with Crippen LogP contribution in [0.15, 0.2) is 18.3 Å². The average molecular weight is 176 g/mol. The summed E-state index contributed by atoms with van der Waals surface area (Å²) in [6.45, 7) is 0. The van der Waals surface area contributed by atoms with Gasteiger partial charge < -0.3 is 0 Å². The lowest BCUT2D eigenvalue weighted by Crippen LogP contribution is -1.83. The first-order valence-corrected chi connectivity index (χ1v) is 4.08. The van der Waals surface area contributed by atoms with E-state index in [0.29, 0.717) is 5.13 Å². The minimum atomic E-state index is 0.589. The number of nitrogens with one attached hydrogen (secondary N) is 1. The maximum atomic E-state index is 8.33. The van der Waals surface area contributed by atoms with E-state index in [1.165, 1.54) is 11.3 Å². The minimum absolute atomic E-state index is 0.589. The molecular weight excluding hydrogens is 172 g/mol. The molecule has 0 aliphatic carbocycles. The van der Waals surface area contributed by atoms with E-state index < -0.39 is 0 Å². The molecule has 2 heterocycles. The SMILES string of the molecule is N#CNc1nc2cccnc2s1. The molecule has 12 heavy (non-hydrogen) atoms. The van der Waals surface area contributed by atoms with Crippen LogP contribution in [-0.2, 0) is 0 Å². The van der Waals surface area contributed by atoms with Crippen LogP contribution in [-0.4, -0.2) is 9.97 Å². The van der Waals surface area contributed by atoms with Gasteiger partial charge in [-0.15, -0.1) is 0 Å². The highest BCUT2D eigenvalue weighted by molar-refractivity contribution is 7.21. The second-order valence-corrected chi connectivity index (χ2v) is 3.06. The zero-order valence-electron chi connectivity index (χ0n) is 5.98. The van der Waals surface area contributed by atoms with E-state index in [-0.39, 0.29) is 0 Å². The van der Waals surface area contributed by atoms with Gasteiger partial charge in [-0.3, -0.25) is 5.32 Å². The van der Waals surface area contributed by atoms with Crippen LogP contribution >= 0.6 is 11.3 Å². The van der Waals surface area contributed by atoms with Crippen molar-refractivity contribution in [3.8, 4) is 6.19 Å². The van der Waals surface area contributed by atoms with Crippen LogP contribution in [0, 0.1) is 11.5 Å². The molecule has 0 atom stereocenters. The lowest BCUT2D eigenvalue weighted by molar-refractivity contribution is 1.39. The van der Waals surface area contributed by atoms with Crippen molar-refractivity contribution in [3.63, 3.8) is 0 Å². The van der Waals surface area contributed by atoms with E-state index in [0.717, 1.165) is 10.3 Å². The van der Waals surface area contributed by atoms with E-state index in [4.69, 9.17) is 5.26 Å². The van der Waals surface area contributed by atoms with Gasteiger partial charge in [0.15, 0.2) is 11.3 Å². The molecule has 0 saturated carbocycles. The molecule has 58 valence electrons. The first-order valence-electron chi connectivity index (χ1n) is 3.27. The van der Waals surface area contributed by atoms with Gasteiger partial charge in [0.05, 0.1) is 0 Å². The van der Waals surface area contributed by atoms with Crippen molar-refractivity contribution in [3.05, 3.63) is 18.3 Å². The third-order valence-corrected chi connectivity index (χ3v) is 2.22. The fourth-order valence-electron chi connectivity index (χ4n) is 0.871. The molecule has 0 radical (unpaired) electrons. The van der Waals surface area contributed by atoms with Gasteiger partial charge in [-0.2, -0.15) is 5.26 Å². The van der Waals surface area contributed by atoms with Gasteiger partial charge in [-0.25, -0.2) is 9.97 Å². The highest BCUT2D eigenvalue weighted by atomic mass is 32.1. The quantitative estimate of drug-likeness (QED) is 0.529. The van der Waals surface area contributed by atoms with Crippen LogP contribution in [0.5, 0.6) is 0 Å². The van der Waals surface area contributed by atoms with Gasteiger partial charge >= 0.3 is 0 Å². The summed E-state index contributed by atoms with van der Waals surface area (Å²) in [6, 6.07) is 3.68. The summed E-state index contributed by atoms with van der Waals surface area (Å²) in [4.78, 5) is 9.06. The van der Waals surface area contributed by atoms with E-state index in [2.05, 4.69) is 15.3 Å². The summed E-state index contributed by atoms with van der Waals surface area (Å²) in [5.41, 5.74) is 0.820. The maximum absolute atomic E-state index is 8.33. The fourth-order valence-corrected chi connectivity index (χ4v) is 1.63. The van der Waals surface area contributed by atoms with Crippen molar-refractivity contribution in [1.82, 2.24) is 9.97 Å². The van der Waals surface area contributed by atoms with Crippen LogP contribution in [0.1, 0.15) is 0 Å². The number of nitrogens with zero attached hydrogens (tertiary/aromatic N) is 3. The lowest BCUT2D eigenvalue weighted by Gasteiger charge is -1.81. The van der Waals surface area contributed by atoms with Gasteiger partial charge in [-0.05, 0) is 12.1 Å². The molecular formula is C7H4N4S. The van der Waals surface area contributed by atoms with E-state index in [1.807, 2.05) is 18.3 Å². The Balaban J connectivity index is 2.56. The van der Waals surface area contributed by atoms with Gasteiger partial charge in [-0.1, -0.05) is 11.3 Å². The van der Waals surface area contributed by atoms with Crippen molar-refractivity contribution >= 4 is 26.8 Å². The van der Waals surface area contributed by atoms with Crippen molar-refractivity contribution < 1.29 is 0 Å². The monoisotopic (exact) mass is 176 g/mol. The predicted molar refractivity (Wildman–Crippen MR) is 46.7 cm³/mol. The molecule has 2 aromatic heterocycles. The molecule has 2 aromatic rings. The van der Waals surface area contributed by atoms with Gasteiger partial charge in [0.25, 0.3) is 0 Å². The number of thiazole rings is 1. The number of hydrogen-bond acceptors (Lipinski definition) is 5. The van der Waals surface area contributed by atoms with Gasteiger partial charge in [0.1, 0.15) is 10.3 Å². The number of nitriles is 1. The number of aromatic nitrogens is 2. The smallest absolute Gasteiger partial charge is 0.198 e. The first-order chi connectivity index (χ1) is 5.90. The number of pyridine rings is 1. The average Bonchev–Trinajstić information content (AvgIpc) is 2.47. The maximum Gasteiger partial charge on any atom is 0.198 e. The number of anilines is 1. The molecule has 0 aliphatic heterocycles. The summed E-state index contributed by atoms with van der Waals surface area (Å²) in [6.07, 6.45) is 3.52. The van der Waals surface area contributed by atoms with Crippen molar-refractivity contribution in [2.24, 2.45) is 0 Å². The molecule has 5 heteroatoms. The van der Waals surface area contributed by atoms with E-state index in [1.54, 1.807) is 6.20 Å². The molecule has 1 N–H and O–H groups in total. The minimum Gasteiger partial charge on any atom is -0.268 e. The molecule has 0 bridgehead atoms. The Morgan fingerprint density at radius 3 is 3.25 bits per heavy atom. The van der Waals surface area contributed by atoms with Gasteiger partial charge in [0.2, 0.25) is 0 Å². The molecule has 0 aliphatic rings. The molecule has 0 saturated heterocycles. The highest BCUT2D eigenvalue weighted by Gasteiger charge is 2.01.